The van der Waals surface area contributed by atoms with Crippen LogP contribution in [-0.2, 0) is 4.74 Å². The summed E-state index contributed by atoms with van der Waals surface area (Å²) in [6.45, 7) is 6.79. The first-order valence-electron chi connectivity index (χ1n) is 5.32. The Morgan fingerprint density at radius 2 is 2.00 bits per heavy atom. The summed E-state index contributed by atoms with van der Waals surface area (Å²) in [7, 11) is 4.04. The van der Waals surface area contributed by atoms with Crippen LogP contribution in [-0.4, -0.2) is 37.7 Å². The zero-order chi connectivity index (χ0) is 9.90. The Kier molecular flexibility index (Phi) is 3.74. The fourth-order valence-electron chi connectivity index (χ4n) is 2.18. The second kappa shape index (κ2) is 4.43. The maximum Gasteiger partial charge on any atom is 0.0804 e. The highest BCUT2D eigenvalue weighted by atomic mass is 16.5. The van der Waals surface area contributed by atoms with Gasteiger partial charge in [0.05, 0.1) is 5.60 Å². The van der Waals surface area contributed by atoms with Gasteiger partial charge in [-0.25, -0.2) is 0 Å². The van der Waals surface area contributed by atoms with Crippen molar-refractivity contribution in [1.29, 1.82) is 0 Å². The van der Waals surface area contributed by atoms with Crippen molar-refractivity contribution in [3.05, 3.63) is 0 Å². The van der Waals surface area contributed by atoms with Crippen molar-refractivity contribution in [1.82, 2.24) is 4.90 Å². The fourth-order valence-corrected chi connectivity index (χ4v) is 2.18. The van der Waals surface area contributed by atoms with E-state index in [1.165, 1.54) is 25.8 Å². The lowest BCUT2D eigenvalue weighted by molar-refractivity contribution is -0.0889. The van der Waals surface area contributed by atoms with Crippen molar-refractivity contribution in [2.75, 3.05) is 27.2 Å². The summed E-state index contributed by atoms with van der Waals surface area (Å²) in [5, 5.41) is 0. The van der Waals surface area contributed by atoms with E-state index >= 15 is 0 Å². The Bertz CT molecular complexity index is 147. The standard InChI is InChI=1S/C11H23NO/c1-10(2)8-12(3)9-11(13-4)6-5-7-11/h10H,5-9H2,1-4H3. The molecule has 1 aliphatic rings. The molecule has 0 N–H and O–H groups in total. The molecular weight excluding hydrogens is 162 g/mol. The minimum absolute atomic E-state index is 0.198. The SMILES string of the molecule is COC1(CN(C)CC(C)C)CCC1. The van der Waals surface area contributed by atoms with E-state index in [2.05, 4.69) is 25.8 Å². The largest absolute Gasteiger partial charge is 0.377 e. The lowest BCUT2D eigenvalue weighted by Gasteiger charge is -2.43. The Morgan fingerprint density at radius 1 is 1.38 bits per heavy atom. The number of nitrogens with zero attached hydrogens (tertiary/aromatic N) is 1. The van der Waals surface area contributed by atoms with Crippen LogP contribution in [0.25, 0.3) is 0 Å². The smallest absolute Gasteiger partial charge is 0.0804 e. The third kappa shape index (κ3) is 2.96. The minimum Gasteiger partial charge on any atom is -0.377 e. The first kappa shape index (κ1) is 11.0. The Hall–Kier alpha value is -0.0800. The van der Waals surface area contributed by atoms with E-state index in [1.54, 1.807) is 0 Å². The number of rotatable bonds is 5. The summed E-state index contributed by atoms with van der Waals surface area (Å²) in [6.07, 6.45) is 3.82. The van der Waals surface area contributed by atoms with Crippen LogP contribution in [0.3, 0.4) is 0 Å². The second-order valence-corrected chi connectivity index (χ2v) is 4.83. The Balaban J connectivity index is 2.29. The van der Waals surface area contributed by atoms with Gasteiger partial charge in [0.1, 0.15) is 0 Å². The molecule has 1 aliphatic carbocycles. The first-order chi connectivity index (χ1) is 6.08. The number of likely N-dealkylation sites (N-methyl/N-ethyl adjacent to an activating group) is 1. The van der Waals surface area contributed by atoms with Gasteiger partial charge in [0.25, 0.3) is 0 Å². The van der Waals surface area contributed by atoms with Crippen LogP contribution in [0.1, 0.15) is 33.1 Å². The molecule has 0 amide bonds. The molecular formula is C11H23NO. The van der Waals surface area contributed by atoms with E-state index in [4.69, 9.17) is 4.74 Å². The van der Waals surface area contributed by atoms with Crippen LogP contribution in [0.4, 0.5) is 0 Å². The van der Waals surface area contributed by atoms with E-state index in [9.17, 15) is 0 Å². The lowest BCUT2D eigenvalue weighted by Crippen LogP contribution is -2.49. The van der Waals surface area contributed by atoms with Crippen molar-refractivity contribution in [3.63, 3.8) is 0 Å². The molecule has 0 atom stereocenters. The Labute approximate surface area is 82.3 Å². The number of hydrogen-bond acceptors (Lipinski definition) is 2. The van der Waals surface area contributed by atoms with Crippen molar-refractivity contribution >= 4 is 0 Å². The summed E-state index contributed by atoms with van der Waals surface area (Å²) in [6, 6.07) is 0. The highest BCUT2D eigenvalue weighted by Gasteiger charge is 2.37. The van der Waals surface area contributed by atoms with Gasteiger partial charge < -0.3 is 9.64 Å². The molecule has 1 rings (SSSR count). The zero-order valence-corrected chi connectivity index (χ0v) is 9.47. The van der Waals surface area contributed by atoms with Gasteiger partial charge in [-0.2, -0.15) is 0 Å². The predicted molar refractivity (Wildman–Crippen MR) is 55.9 cm³/mol. The highest BCUT2D eigenvalue weighted by Crippen LogP contribution is 2.35. The van der Waals surface area contributed by atoms with Gasteiger partial charge >= 0.3 is 0 Å². The second-order valence-electron chi connectivity index (χ2n) is 4.83. The normalized spacial score (nSPS) is 20.8. The fraction of sp³-hybridized carbons (Fsp3) is 1.00. The number of hydrogen-bond donors (Lipinski definition) is 0. The number of ether oxygens (including phenoxy) is 1. The summed E-state index contributed by atoms with van der Waals surface area (Å²) >= 11 is 0. The third-order valence-corrected chi connectivity index (χ3v) is 2.93. The molecule has 2 nitrogen and oxygen atoms in total. The minimum atomic E-state index is 0.198. The average Bonchev–Trinajstić information content (AvgIpc) is 1.95. The molecule has 0 unspecified atom stereocenters. The van der Waals surface area contributed by atoms with E-state index in [0.717, 1.165) is 12.5 Å². The molecule has 0 saturated heterocycles. The molecule has 0 aromatic carbocycles. The molecule has 0 bridgehead atoms. The summed E-state index contributed by atoms with van der Waals surface area (Å²) in [5.74, 6) is 0.749. The maximum atomic E-state index is 5.58. The van der Waals surface area contributed by atoms with Crippen molar-refractivity contribution in [2.45, 2.75) is 38.7 Å². The highest BCUT2D eigenvalue weighted by molar-refractivity contribution is 4.91. The monoisotopic (exact) mass is 185 g/mol. The number of methoxy groups -OCH3 is 1. The van der Waals surface area contributed by atoms with Gasteiger partial charge in [0.15, 0.2) is 0 Å². The molecule has 0 aromatic heterocycles. The topological polar surface area (TPSA) is 12.5 Å². The lowest BCUT2D eigenvalue weighted by atomic mass is 9.79. The van der Waals surface area contributed by atoms with Crippen LogP contribution in [0.15, 0.2) is 0 Å². The van der Waals surface area contributed by atoms with Gasteiger partial charge in [0.2, 0.25) is 0 Å². The molecule has 78 valence electrons. The van der Waals surface area contributed by atoms with Crippen LogP contribution in [0.5, 0.6) is 0 Å². The maximum absolute atomic E-state index is 5.58. The quantitative estimate of drug-likeness (QED) is 0.650. The van der Waals surface area contributed by atoms with E-state index in [0.29, 0.717) is 0 Å². The zero-order valence-electron chi connectivity index (χ0n) is 9.47. The molecule has 0 radical (unpaired) electrons. The van der Waals surface area contributed by atoms with E-state index in [1.807, 2.05) is 7.11 Å². The summed E-state index contributed by atoms with van der Waals surface area (Å²) in [5.41, 5.74) is 0.198. The molecule has 0 aliphatic heterocycles. The van der Waals surface area contributed by atoms with Crippen LogP contribution >= 0.6 is 0 Å². The van der Waals surface area contributed by atoms with Gasteiger partial charge in [0, 0.05) is 20.2 Å². The van der Waals surface area contributed by atoms with E-state index in [-0.39, 0.29) is 5.60 Å². The van der Waals surface area contributed by atoms with Crippen LogP contribution < -0.4 is 0 Å². The Morgan fingerprint density at radius 3 is 2.31 bits per heavy atom. The summed E-state index contributed by atoms with van der Waals surface area (Å²) < 4.78 is 5.58. The summed E-state index contributed by atoms with van der Waals surface area (Å²) in [4.78, 5) is 2.40. The van der Waals surface area contributed by atoms with Crippen LogP contribution in [0.2, 0.25) is 0 Å². The molecule has 1 fully saturated rings. The molecule has 2 heteroatoms. The van der Waals surface area contributed by atoms with Crippen molar-refractivity contribution in [2.24, 2.45) is 5.92 Å². The predicted octanol–water partition coefficient (Wildman–Crippen LogP) is 2.14. The van der Waals surface area contributed by atoms with Gasteiger partial charge in [-0.15, -0.1) is 0 Å². The van der Waals surface area contributed by atoms with E-state index < -0.39 is 0 Å². The molecule has 1 saturated carbocycles. The van der Waals surface area contributed by atoms with Crippen LogP contribution in [0, 0.1) is 5.92 Å². The van der Waals surface area contributed by atoms with Gasteiger partial charge in [-0.1, -0.05) is 13.8 Å². The van der Waals surface area contributed by atoms with Crippen molar-refractivity contribution in [3.8, 4) is 0 Å². The molecule has 0 heterocycles. The first-order valence-corrected chi connectivity index (χ1v) is 5.32. The molecule has 0 aromatic rings. The van der Waals surface area contributed by atoms with Gasteiger partial charge in [-0.3, -0.25) is 0 Å². The van der Waals surface area contributed by atoms with Crippen molar-refractivity contribution < 1.29 is 4.74 Å². The van der Waals surface area contributed by atoms with Gasteiger partial charge in [-0.05, 0) is 32.2 Å². The molecule has 13 heavy (non-hydrogen) atoms. The average molecular weight is 185 g/mol. The third-order valence-electron chi connectivity index (χ3n) is 2.93. The molecule has 0 spiro atoms.